The van der Waals surface area contributed by atoms with Gasteiger partial charge in [-0.05, 0) is 37.3 Å². The van der Waals surface area contributed by atoms with Crippen LogP contribution in [-0.4, -0.2) is 28.7 Å². The van der Waals surface area contributed by atoms with Crippen molar-refractivity contribution in [1.29, 1.82) is 0 Å². The first-order valence-electron chi connectivity index (χ1n) is 7.13. The molecule has 5 nitrogen and oxygen atoms in total. The Morgan fingerprint density at radius 1 is 1.04 bits per heavy atom. The Bertz CT molecular complexity index is 832. The van der Waals surface area contributed by atoms with Crippen molar-refractivity contribution in [3.8, 4) is 0 Å². The van der Waals surface area contributed by atoms with Gasteiger partial charge in [0, 0.05) is 5.02 Å². The summed E-state index contributed by atoms with van der Waals surface area (Å²) in [4.78, 5) is 38.2. The Morgan fingerprint density at radius 2 is 1.62 bits per heavy atom. The van der Waals surface area contributed by atoms with E-state index in [-0.39, 0.29) is 0 Å². The van der Waals surface area contributed by atoms with Crippen LogP contribution < -0.4 is 5.32 Å². The second-order valence-electron chi connectivity index (χ2n) is 5.32. The van der Waals surface area contributed by atoms with Crippen LogP contribution in [-0.2, 0) is 4.79 Å². The lowest BCUT2D eigenvalue weighted by molar-refractivity contribution is -0.119. The van der Waals surface area contributed by atoms with Crippen LogP contribution in [0, 0.1) is 0 Å². The monoisotopic (exact) mass is 362 g/mol. The number of halogens is 2. The molecule has 1 heterocycles. The Balaban J connectivity index is 1.83. The molecule has 0 bridgehead atoms. The summed E-state index contributed by atoms with van der Waals surface area (Å²) in [5.41, 5.74) is 0.906. The molecule has 1 aliphatic rings. The molecule has 0 spiro atoms. The molecule has 0 saturated heterocycles. The van der Waals surface area contributed by atoms with Crippen molar-refractivity contribution < 1.29 is 14.4 Å². The standard InChI is InChI=1S/C17H12Cl2N2O3/c1-9(15(22)20-14-8-10(18)6-7-13(14)19)21-16(23)11-4-2-3-5-12(11)17(21)24/h2-9H,1H3,(H,20,22)/t9-/m0/s1. The number of hydrogen-bond donors (Lipinski definition) is 1. The first-order valence-corrected chi connectivity index (χ1v) is 7.88. The predicted molar refractivity (Wildman–Crippen MR) is 91.5 cm³/mol. The fourth-order valence-electron chi connectivity index (χ4n) is 2.51. The van der Waals surface area contributed by atoms with Gasteiger partial charge < -0.3 is 5.32 Å². The highest BCUT2D eigenvalue weighted by Crippen LogP contribution is 2.27. The van der Waals surface area contributed by atoms with Crippen LogP contribution in [0.1, 0.15) is 27.6 Å². The summed E-state index contributed by atoms with van der Waals surface area (Å²) in [6, 6.07) is 10.1. The summed E-state index contributed by atoms with van der Waals surface area (Å²) >= 11 is 11.9. The van der Waals surface area contributed by atoms with Gasteiger partial charge in [0.1, 0.15) is 6.04 Å². The molecule has 3 amide bonds. The molecule has 0 unspecified atom stereocenters. The fraction of sp³-hybridized carbons (Fsp3) is 0.118. The highest BCUT2D eigenvalue weighted by atomic mass is 35.5. The Kier molecular flexibility index (Phi) is 4.30. The second-order valence-corrected chi connectivity index (χ2v) is 6.16. The SMILES string of the molecule is C[C@@H](C(=O)Nc1cc(Cl)ccc1Cl)N1C(=O)c2ccccc2C1=O. The van der Waals surface area contributed by atoms with Gasteiger partial charge in [-0.15, -0.1) is 0 Å². The number of fused-ring (bicyclic) bond motifs is 1. The van der Waals surface area contributed by atoms with Gasteiger partial charge in [0.05, 0.1) is 21.8 Å². The molecule has 24 heavy (non-hydrogen) atoms. The molecule has 0 saturated carbocycles. The van der Waals surface area contributed by atoms with E-state index in [0.29, 0.717) is 26.9 Å². The molecule has 0 aliphatic carbocycles. The van der Waals surface area contributed by atoms with Gasteiger partial charge >= 0.3 is 0 Å². The maximum Gasteiger partial charge on any atom is 0.262 e. The third-order valence-corrected chi connectivity index (χ3v) is 4.34. The van der Waals surface area contributed by atoms with E-state index in [4.69, 9.17) is 23.2 Å². The van der Waals surface area contributed by atoms with Crippen LogP contribution >= 0.6 is 23.2 Å². The smallest absolute Gasteiger partial charge is 0.262 e. The molecule has 2 aromatic rings. The number of amides is 3. The average molecular weight is 363 g/mol. The number of carbonyl (C=O) groups excluding carboxylic acids is 3. The minimum atomic E-state index is -0.993. The largest absolute Gasteiger partial charge is 0.323 e. The van der Waals surface area contributed by atoms with Gasteiger partial charge in [-0.1, -0.05) is 35.3 Å². The minimum Gasteiger partial charge on any atom is -0.323 e. The number of imide groups is 1. The Labute approximate surface area is 148 Å². The maximum absolute atomic E-state index is 12.4. The van der Waals surface area contributed by atoms with Gasteiger partial charge in [0.2, 0.25) is 5.91 Å². The molecule has 1 aliphatic heterocycles. The van der Waals surface area contributed by atoms with Gasteiger partial charge in [-0.2, -0.15) is 0 Å². The molecule has 2 aromatic carbocycles. The first-order chi connectivity index (χ1) is 11.4. The van der Waals surface area contributed by atoms with Crippen molar-refractivity contribution in [1.82, 2.24) is 4.90 Å². The molecule has 1 atom stereocenters. The first kappa shape index (κ1) is 16.5. The van der Waals surface area contributed by atoms with E-state index >= 15 is 0 Å². The van der Waals surface area contributed by atoms with E-state index in [9.17, 15) is 14.4 Å². The van der Waals surface area contributed by atoms with Crippen molar-refractivity contribution in [2.75, 3.05) is 5.32 Å². The van der Waals surface area contributed by atoms with Gasteiger partial charge in [0.15, 0.2) is 0 Å². The third kappa shape index (κ3) is 2.77. The summed E-state index contributed by atoms with van der Waals surface area (Å²) in [6.45, 7) is 1.48. The van der Waals surface area contributed by atoms with E-state index in [0.717, 1.165) is 4.90 Å². The van der Waals surface area contributed by atoms with Gasteiger partial charge in [-0.3, -0.25) is 19.3 Å². The fourth-order valence-corrected chi connectivity index (χ4v) is 2.84. The zero-order valence-electron chi connectivity index (χ0n) is 12.5. The van der Waals surface area contributed by atoms with Crippen molar-refractivity contribution in [3.05, 3.63) is 63.6 Å². The third-order valence-electron chi connectivity index (χ3n) is 3.78. The summed E-state index contributed by atoms with van der Waals surface area (Å²) in [5.74, 6) is -1.51. The Hall–Kier alpha value is -2.37. The van der Waals surface area contributed by atoms with E-state index in [1.165, 1.54) is 13.0 Å². The van der Waals surface area contributed by atoms with Crippen LogP contribution in [0.15, 0.2) is 42.5 Å². The lowest BCUT2D eigenvalue weighted by atomic mass is 10.1. The van der Waals surface area contributed by atoms with Crippen LogP contribution in [0.5, 0.6) is 0 Å². The zero-order chi connectivity index (χ0) is 17.4. The Morgan fingerprint density at radius 3 is 2.21 bits per heavy atom. The van der Waals surface area contributed by atoms with Crippen molar-refractivity contribution >= 4 is 46.6 Å². The maximum atomic E-state index is 12.4. The molecule has 122 valence electrons. The average Bonchev–Trinajstić information content (AvgIpc) is 2.82. The number of anilines is 1. The minimum absolute atomic E-state index is 0.294. The summed E-state index contributed by atoms with van der Waals surface area (Å²) in [7, 11) is 0. The highest BCUT2D eigenvalue weighted by Gasteiger charge is 2.40. The number of nitrogens with one attached hydrogen (secondary N) is 1. The molecule has 0 fully saturated rings. The molecule has 0 radical (unpaired) electrons. The van der Waals surface area contributed by atoms with Crippen molar-refractivity contribution in [3.63, 3.8) is 0 Å². The normalized spacial score (nSPS) is 14.5. The zero-order valence-corrected chi connectivity index (χ0v) is 14.1. The topological polar surface area (TPSA) is 66.5 Å². The highest BCUT2D eigenvalue weighted by molar-refractivity contribution is 6.35. The van der Waals surface area contributed by atoms with Gasteiger partial charge in [-0.25, -0.2) is 0 Å². The number of hydrogen-bond acceptors (Lipinski definition) is 3. The van der Waals surface area contributed by atoms with E-state index < -0.39 is 23.8 Å². The molecule has 7 heteroatoms. The van der Waals surface area contributed by atoms with E-state index in [1.54, 1.807) is 36.4 Å². The molecule has 0 aromatic heterocycles. The van der Waals surface area contributed by atoms with Crippen LogP contribution in [0.25, 0.3) is 0 Å². The predicted octanol–water partition coefficient (Wildman–Crippen LogP) is 3.62. The van der Waals surface area contributed by atoms with E-state index in [2.05, 4.69) is 5.32 Å². The number of carbonyl (C=O) groups is 3. The quantitative estimate of drug-likeness (QED) is 0.848. The lowest BCUT2D eigenvalue weighted by Crippen LogP contribution is -2.45. The number of nitrogens with zero attached hydrogens (tertiary/aromatic N) is 1. The lowest BCUT2D eigenvalue weighted by Gasteiger charge is -2.22. The number of rotatable bonds is 3. The summed E-state index contributed by atoms with van der Waals surface area (Å²) in [6.07, 6.45) is 0. The number of benzene rings is 2. The van der Waals surface area contributed by atoms with Crippen LogP contribution in [0.2, 0.25) is 10.0 Å². The summed E-state index contributed by atoms with van der Waals surface area (Å²) in [5, 5.41) is 3.31. The van der Waals surface area contributed by atoms with Crippen LogP contribution in [0.4, 0.5) is 5.69 Å². The summed E-state index contributed by atoms with van der Waals surface area (Å²) < 4.78 is 0. The molecule has 3 rings (SSSR count). The van der Waals surface area contributed by atoms with Crippen molar-refractivity contribution in [2.45, 2.75) is 13.0 Å². The molecular formula is C17H12Cl2N2O3. The van der Waals surface area contributed by atoms with Gasteiger partial charge in [0.25, 0.3) is 11.8 Å². The van der Waals surface area contributed by atoms with Crippen LogP contribution in [0.3, 0.4) is 0 Å². The van der Waals surface area contributed by atoms with Crippen molar-refractivity contribution in [2.24, 2.45) is 0 Å². The molecule has 1 N–H and O–H groups in total. The van der Waals surface area contributed by atoms with E-state index in [1.807, 2.05) is 0 Å². The second kappa shape index (κ2) is 6.26. The molecular weight excluding hydrogens is 351 g/mol.